The zero-order chi connectivity index (χ0) is 11.5. The third-order valence-electron chi connectivity index (χ3n) is 2.18. The molecule has 16 heavy (non-hydrogen) atoms. The third kappa shape index (κ3) is 2.74. The molecular weight excluding hydrogens is 265 g/mol. The Hall–Kier alpha value is -0.610. The van der Waals surface area contributed by atoms with Gasteiger partial charge in [0.1, 0.15) is 0 Å². The van der Waals surface area contributed by atoms with Crippen molar-refractivity contribution >= 4 is 34.5 Å². The lowest BCUT2D eigenvalue weighted by Crippen LogP contribution is -2.01. The smallest absolute Gasteiger partial charge is 0.0954 e. The second-order valence-corrected chi connectivity index (χ2v) is 5.11. The first kappa shape index (κ1) is 11.9. The van der Waals surface area contributed by atoms with Gasteiger partial charge >= 0.3 is 0 Å². The molecule has 0 saturated carbocycles. The number of rotatable bonds is 3. The summed E-state index contributed by atoms with van der Waals surface area (Å²) in [6.07, 6.45) is 1.62. The van der Waals surface area contributed by atoms with E-state index in [0.717, 1.165) is 10.6 Å². The minimum absolute atomic E-state index is 0.456. The van der Waals surface area contributed by atoms with E-state index in [9.17, 15) is 5.11 Å². The van der Waals surface area contributed by atoms with E-state index in [1.165, 1.54) is 11.3 Å². The standard InChI is InChI=1S/C11H9Cl2NOS/c12-8-2-1-7(5-9(8)13)10(15)6-11-14-3-4-16-11/h1-5,10,15H,6H2. The summed E-state index contributed by atoms with van der Waals surface area (Å²) in [5.41, 5.74) is 0.754. The van der Waals surface area contributed by atoms with E-state index < -0.39 is 6.10 Å². The molecule has 0 aliphatic rings. The van der Waals surface area contributed by atoms with Gasteiger partial charge in [-0.15, -0.1) is 11.3 Å². The molecule has 2 aromatic rings. The Morgan fingerprint density at radius 2 is 2.12 bits per heavy atom. The molecule has 1 N–H and O–H groups in total. The highest BCUT2D eigenvalue weighted by atomic mass is 35.5. The Balaban J connectivity index is 2.14. The van der Waals surface area contributed by atoms with Gasteiger partial charge in [0.2, 0.25) is 0 Å². The molecule has 2 nitrogen and oxygen atoms in total. The number of benzene rings is 1. The van der Waals surface area contributed by atoms with Gasteiger partial charge in [-0.05, 0) is 17.7 Å². The first-order valence-electron chi connectivity index (χ1n) is 4.68. The van der Waals surface area contributed by atoms with Crippen molar-refractivity contribution in [2.45, 2.75) is 12.5 Å². The lowest BCUT2D eigenvalue weighted by atomic mass is 10.1. The normalized spacial score (nSPS) is 12.7. The predicted octanol–water partition coefficient (Wildman–Crippen LogP) is 3.73. The lowest BCUT2D eigenvalue weighted by molar-refractivity contribution is 0.178. The molecule has 84 valence electrons. The van der Waals surface area contributed by atoms with Gasteiger partial charge in [0.25, 0.3) is 0 Å². The van der Waals surface area contributed by atoms with Gasteiger partial charge in [-0.25, -0.2) is 4.98 Å². The number of aliphatic hydroxyl groups is 1. The Kier molecular flexibility index (Phi) is 3.82. The molecule has 5 heteroatoms. The molecule has 2 rings (SSSR count). The maximum Gasteiger partial charge on any atom is 0.0954 e. The number of hydrogen-bond acceptors (Lipinski definition) is 3. The number of halogens is 2. The van der Waals surface area contributed by atoms with Crippen LogP contribution in [0.4, 0.5) is 0 Å². The Morgan fingerprint density at radius 3 is 2.75 bits per heavy atom. The molecular formula is C11H9Cl2NOS. The molecule has 0 saturated heterocycles. The first-order chi connectivity index (χ1) is 7.66. The van der Waals surface area contributed by atoms with Gasteiger partial charge in [-0.2, -0.15) is 0 Å². The average molecular weight is 274 g/mol. The minimum Gasteiger partial charge on any atom is -0.388 e. The molecule has 0 fully saturated rings. The molecule has 0 radical (unpaired) electrons. The largest absolute Gasteiger partial charge is 0.388 e. The second kappa shape index (κ2) is 5.15. The van der Waals surface area contributed by atoms with E-state index in [0.29, 0.717) is 16.5 Å². The van der Waals surface area contributed by atoms with E-state index in [1.54, 1.807) is 24.4 Å². The molecule has 1 heterocycles. The third-order valence-corrected chi connectivity index (χ3v) is 3.72. The number of aromatic nitrogens is 1. The van der Waals surface area contributed by atoms with Crippen LogP contribution in [-0.4, -0.2) is 10.1 Å². The van der Waals surface area contributed by atoms with Crippen molar-refractivity contribution in [1.82, 2.24) is 4.98 Å². The van der Waals surface area contributed by atoms with Crippen LogP contribution >= 0.6 is 34.5 Å². The number of thiazole rings is 1. The highest BCUT2D eigenvalue weighted by molar-refractivity contribution is 7.09. The molecule has 0 aliphatic heterocycles. The fourth-order valence-electron chi connectivity index (χ4n) is 1.36. The van der Waals surface area contributed by atoms with Crippen LogP contribution in [0.2, 0.25) is 10.0 Å². The summed E-state index contributed by atoms with van der Waals surface area (Å²) in [6.45, 7) is 0. The second-order valence-electron chi connectivity index (χ2n) is 3.32. The van der Waals surface area contributed by atoms with Crippen molar-refractivity contribution < 1.29 is 5.11 Å². The van der Waals surface area contributed by atoms with Crippen LogP contribution in [0, 0.1) is 0 Å². The van der Waals surface area contributed by atoms with E-state index in [4.69, 9.17) is 23.2 Å². The summed E-state index contributed by atoms with van der Waals surface area (Å²) in [7, 11) is 0. The monoisotopic (exact) mass is 273 g/mol. The van der Waals surface area contributed by atoms with Gasteiger partial charge in [0.05, 0.1) is 21.2 Å². The van der Waals surface area contributed by atoms with Crippen LogP contribution in [0.5, 0.6) is 0 Å². The molecule has 1 atom stereocenters. The molecule has 1 unspecified atom stereocenters. The topological polar surface area (TPSA) is 33.1 Å². The van der Waals surface area contributed by atoms with Crippen molar-refractivity contribution in [2.24, 2.45) is 0 Å². The number of nitrogens with zero attached hydrogens (tertiary/aromatic N) is 1. The Morgan fingerprint density at radius 1 is 1.31 bits per heavy atom. The molecule has 0 aliphatic carbocycles. The van der Waals surface area contributed by atoms with Gasteiger partial charge in [0, 0.05) is 18.0 Å². The zero-order valence-electron chi connectivity index (χ0n) is 8.23. The van der Waals surface area contributed by atoms with Crippen LogP contribution in [0.25, 0.3) is 0 Å². The highest BCUT2D eigenvalue weighted by Crippen LogP contribution is 2.27. The summed E-state index contributed by atoms with van der Waals surface area (Å²) in [6, 6.07) is 5.14. The van der Waals surface area contributed by atoms with E-state index >= 15 is 0 Å². The average Bonchev–Trinajstić information content (AvgIpc) is 2.74. The summed E-state index contributed by atoms with van der Waals surface area (Å²) >= 11 is 13.2. The van der Waals surface area contributed by atoms with Crippen LogP contribution in [0.1, 0.15) is 16.7 Å². The number of aliphatic hydroxyl groups excluding tert-OH is 1. The van der Waals surface area contributed by atoms with Gasteiger partial charge in [-0.3, -0.25) is 0 Å². The summed E-state index contributed by atoms with van der Waals surface area (Å²) in [5.74, 6) is 0. The molecule has 0 amide bonds. The van der Waals surface area contributed by atoms with Crippen molar-refractivity contribution in [1.29, 1.82) is 0 Å². The minimum atomic E-state index is -0.596. The van der Waals surface area contributed by atoms with E-state index in [1.807, 2.05) is 5.38 Å². The summed E-state index contributed by atoms with van der Waals surface area (Å²) < 4.78 is 0. The summed E-state index contributed by atoms with van der Waals surface area (Å²) in [4.78, 5) is 4.12. The van der Waals surface area contributed by atoms with Crippen molar-refractivity contribution in [3.63, 3.8) is 0 Å². The van der Waals surface area contributed by atoms with Crippen LogP contribution in [0.3, 0.4) is 0 Å². The first-order valence-corrected chi connectivity index (χ1v) is 6.32. The molecule has 0 spiro atoms. The molecule has 1 aromatic heterocycles. The number of hydrogen-bond donors (Lipinski definition) is 1. The zero-order valence-corrected chi connectivity index (χ0v) is 10.6. The maximum absolute atomic E-state index is 9.97. The van der Waals surface area contributed by atoms with Crippen LogP contribution < -0.4 is 0 Å². The van der Waals surface area contributed by atoms with E-state index in [2.05, 4.69) is 4.98 Å². The van der Waals surface area contributed by atoms with Gasteiger partial charge < -0.3 is 5.11 Å². The van der Waals surface area contributed by atoms with Crippen LogP contribution in [0.15, 0.2) is 29.8 Å². The maximum atomic E-state index is 9.97. The quantitative estimate of drug-likeness (QED) is 0.925. The SMILES string of the molecule is OC(Cc1nccs1)c1ccc(Cl)c(Cl)c1. The summed E-state index contributed by atoms with van der Waals surface area (Å²) in [5, 5.41) is 13.7. The highest BCUT2D eigenvalue weighted by Gasteiger charge is 2.11. The fraction of sp³-hybridized carbons (Fsp3) is 0.182. The lowest BCUT2D eigenvalue weighted by Gasteiger charge is -2.09. The molecule has 0 bridgehead atoms. The van der Waals surface area contributed by atoms with Crippen LogP contribution in [-0.2, 0) is 6.42 Å². The Bertz CT molecular complexity index is 473. The fourth-order valence-corrected chi connectivity index (χ4v) is 2.32. The van der Waals surface area contributed by atoms with Crippen molar-refractivity contribution in [2.75, 3.05) is 0 Å². The molecule has 1 aromatic carbocycles. The van der Waals surface area contributed by atoms with E-state index in [-0.39, 0.29) is 0 Å². The van der Waals surface area contributed by atoms with Crippen molar-refractivity contribution in [3.05, 3.63) is 50.4 Å². The predicted molar refractivity (Wildman–Crippen MR) is 67.2 cm³/mol. The van der Waals surface area contributed by atoms with Gasteiger partial charge in [0.15, 0.2) is 0 Å². The van der Waals surface area contributed by atoms with Crippen molar-refractivity contribution in [3.8, 4) is 0 Å². The van der Waals surface area contributed by atoms with Gasteiger partial charge in [-0.1, -0.05) is 29.3 Å². The Labute approximate surface area is 107 Å².